The Morgan fingerprint density at radius 1 is 1.29 bits per heavy atom. The van der Waals surface area contributed by atoms with Gasteiger partial charge in [0.15, 0.2) is 5.15 Å². The maximum absolute atomic E-state index is 6.25. The topological polar surface area (TPSA) is 47.9 Å². The van der Waals surface area contributed by atoms with Crippen LogP contribution in [-0.2, 0) is 17.8 Å². The summed E-state index contributed by atoms with van der Waals surface area (Å²) >= 11 is 7.81. The number of nitrogens with zero attached hydrogens (tertiary/aromatic N) is 3. The molecule has 0 amide bonds. The Labute approximate surface area is 131 Å². The highest BCUT2D eigenvalue weighted by Crippen LogP contribution is 2.38. The summed E-state index contributed by atoms with van der Waals surface area (Å²) in [5.74, 6) is 0.683. The van der Waals surface area contributed by atoms with Crippen LogP contribution in [0.4, 0.5) is 0 Å². The van der Waals surface area contributed by atoms with E-state index in [-0.39, 0.29) is 5.60 Å². The van der Waals surface area contributed by atoms with E-state index in [4.69, 9.17) is 21.3 Å². The molecule has 0 saturated heterocycles. The van der Waals surface area contributed by atoms with Crippen molar-refractivity contribution < 1.29 is 4.74 Å². The van der Waals surface area contributed by atoms with E-state index in [1.807, 2.05) is 6.92 Å². The van der Waals surface area contributed by atoms with Crippen molar-refractivity contribution >= 4 is 43.4 Å². The zero-order valence-electron chi connectivity index (χ0n) is 12.0. The molecule has 108 valence electrons. The molecular weight excluding hydrogens is 306 g/mol. The molecule has 4 heterocycles. The third-order valence-electron chi connectivity index (χ3n) is 3.76. The van der Waals surface area contributed by atoms with Gasteiger partial charge < -0.3 is 4.74 Å². The van der Waals surface area contributed by atoms with Gasteiger partial charge in [0.05, 0.1) is 28.1 Å². The zero-order chi connectivity index (χ0) is 14.8. The van der Waals surface area contributed by atoms with Crippen LogP contribution in [0.3, 0.4) is 0 Å². The molecule has 1 aliphatic heterocycles. The first-order valence-corrected chi connectivity index (χ1v) is 8.01. The molecule has 0 saturated carbocycles. The molecule has 3 aromatic heterocycles. The van der Waals surface area contributed by atoms with Crippen molar-refractivity contribution in [3.63, 3.8) is 0 Å². The highest BCUT2D eigenvalue weighted by molar-refractivity contribution is 7.25. The fourth-order valence-electron chi connectivity index (χ4n) is 2.72. The molecule has 6 heteroatoms. The number of hydrogen-bond donors (Lipinski definition) is 0. The van der Waals surface area contributed by atoms with Crippen LogP contribution in [0.1, 0.15) is 30.9 Å². The predicted octanol–water partition coefficient (Wildman–Crippen LogP) is 4.05. The number of rotatable bonds is 0. The third-order valence-corrected chi connectivity index (χ3v) is 5.24. The second-order valence-electron chi connectivity index (χ2n) is 6.01. The van der Waals surface area contributed by atoms with E-state index in [9.17, 15) is 0 Å². The minimum Gasteiger partial charge on any atom is -0.370 e. The minimum atomic E-state index is -0.154. The summed E-state index contributed by atoms with van der Waals surface area (Å²) in [4.78, 5) is 14.6. The van der Waals surface area contributed by atoms with Crippen LogP contribution in [0, 0.1) is 6.92 Å². The highest BCUT2D eigenvalue weighted by atomic mass is 35.5. The molecule has 0 spiro atoms. The molecule has 4 rings (SSSR count). The number of hydrogen-bond acceptors (Lipinski definition) is 5. The second-order valence-corrected chi connectivity index (χ2v) is 7.37. The van der Waals surface area contributed by atoms with Crippen molar-refractivity contribution in [2.45, 2.75) is 39.4 Å². The first-order valence-electron chi connectivity index (χ1n) is 6.82. The van der Waals surface area contributed by atoms with Crippen molar-refractivity contribution in [2.24, 2.45) is 0 Å². The van der Waals surface area contributed by atoms with Crippen molar-refractivity contribution in [3.8, 4) is 0 Å². The van der Waals surface area contributed by atoms with Crippen LogP contribution >= 0.6 is 22.9 Å². The quantitative estimate of drug-likeness (QED) is 0.586. The lowest BCUT2D eigenvalue weighted by Gasteiger charge is -2.30. The monoisotopic (exact) mass is 319 g/mol. The average molecular weight is 320 g/mol. The second kappa shape index (κ2) is 4.35. The summed E-state index contributed by atoms with van der Waals surface area (Å²) in [7, 11) is 0. The average Bonchev–Trinajstić information content (AvgIpc) is 2.73. The number of ether oxygens (including phenoxy) is 1. The van der Waals surface area contributed by atoms with Crippen LogP contribution in [-0.4, -0.2) is 20.6 Å². The van der Waals surface area contributed by atoms with Crippen LogP contribution in [0.25, 0.3) is 20.4 Å². The van der Waals surface area contributed by atoms with E-state index in [0.717, 1.165) is 38.1 Å². The number of halogens is 1. The summed E-state index contributed by atoms with van der Waals surface area (Å²) in [5.41, 5.74) is 3.01. The van der Waals surface area contributed by atoms with Gasteiger partial charge in [0.1, 0.15) is 10.7 Å². The van der Waals surface area contributed by atoms with Gasteiger partial charge in [0.25, 0.3) is 0 Å². The van der Waals surface area contributed by atoms with Crippen molar-refractivity contribution in [1.82, 2.24) is 15.0 Å². The molecule has 4 nitrogen and oxygen atoms in total. The molecule has 0 atom stereocenters. The molecule has 0 N–H and O–H groups in total. The smallest absolute Gasteiger partial charge is 0.150 e. The van der Waals surface area contributed by atoms with Gasteiger partial charge in [-0.15, -0.1) is 11.3 Å². The van der Waals surface area contributed by atoms with E-state index < -0.39 is 0 Å². The van der Waals surface area contributed by atoms with Gasteiger partial charge in [-0.25, -0.2) is 15.0 Å². The molecule has 1 aliphatic rings. The maximum atomic E-state index is 6.25. The molecule has 3 aromatic rings. The molecule has 0 unspecified atom stereocenters. The Kier molecular flexibility index (Phi) is 2.77. The Morgan fingerprint density at radius 2 is 2.10 bits per heavy atom. The minimum absolute atomic E-state index is 0.154. The first kappa shape index (κ1) is 13.4. The van der Waals surface area contributed by atoms with Crippen molar-refractivity contribution in [3.05, 3.63) is 28.3 Å². The third kappa shape index (κ3) is 2.11. The summed E-state index contributed by atoms with van der Waals surface area (Å²) in [6.45, 7) is 6.64. The Morgan fingerprint density at radius 3 is 2.90 bits per heavy atom. The molecule has 0 bridgehead atoms. The van der Waals surface area contributed by atoms with Gasteiger partial charge >= 0.3 is 0 Å². The van der Waals surface area contributed by atoms with Gasteiger partial charge in [-0.1, -0.05) is 11.6 Å². The summed E-state index contributed by atoms with van der Waals surface area (Å²) in [6.07, 6.45) is 0.824. The van der Waals surface area contributed by atoms with E-state index in [0.29, 0.717) is 17.6 Å². The fourth-order valence-corrected chi connectivity index (χ4v) is 4.05. The van der Waals surface area contributed by atoms with Gasteiger partial charge in [-0.2, -0.15) is 0 Å². The van der Waals surface area contributed by atoms with Crippen LogP contribution in [0.15, 0.2) is 6.07 Å². The normalized spacial score (nSPS) is 17.3. The standard InChI is InChI=1S/C15H14ClN3OS/c1-7-17-11-9-4-8-6-20-15(2,3)5-10(8)19-14(9)21-12(11)13(16)18-7/h4H,5-6H2,1-3H3. The highest BCUT2D eigenvalue weighted by Gasteiger charge is 2.28. The number of thiophene rings is 1. The van der Waals surface area contributed by atoms with E-state index in [2.05, 4.69) is 29.9 Å². The van der Waals surface area contributed by atoms with Gasteiger partial charge in [-0.3, -0.25) is 0 Å². The fraction of sp³-hybridized carbons (Fsp3) is 0.400. The Bertz CT molecular complexity index is 888. The van der Waals surface area contributed by atoms with E-state index in [1.54, 1.807) is 11.3 Å². The van der Waals surface area contributed by atoms with Crippen molar-refractivity contribution in [2.75, 3.05) is 0 Å². The Balaban J connectivity index is 2.02. The number of aryl methyl sites for hydroxylation is 1. The first-order chi connectivity index (χ1) is 9.93. The maximum Gasteiger partial charge on any atom is 0.150 e. The van der Waals surface area contributed by atoms with Gasteiger partial charge in [0, 0.05) is 17.4 Å². The number of fused-ring (bicyclic) bond motifs is 4. The van der Waals surface area contributed by atoms with E-state index in [1.165, 1.54) is 0 Å². The van der Waals surface area contributed by atoms with Gasteiger partial charge in [-0.05, 0) is 26.8 Å². The molecule has 0 fully saturated rings. The van der Waals surface area contributed by atoms with E-state index >= 15 is 0 Å². The Hall–Kier alpha value is -1.30. The largest absolute Gasteiger partial charge is 0.370 e. The molecule has 0 aromatic carbocycles. The summed E-state index contributed by atoms with van der Waals surface area (Å²) in [5, 5.41) is 1.56. The molecule has 0 radical (unpaired) electrons. The molecule has 0 aliphatic carbocycles. The van der Waals surface area contributed by atoms with Crippen LogP contribution in [0.5, 0.6) is 0 Å². The summed E-state index contributed by atoms with van der Waals surface area (Å²) < 4.78 is 6.79. The number of aromatic nitrogens is 3. The van der Waals surface area contributed by atoms with Crippen LogP contribution in [0.2, 0.25) is 5.15 Å². The summed E-state index contributed by atoms with van der Waals surface area (Å²) in [6, 6.07) is 2.15. The lowest BCUT2D eigenvalue weighted by molar-refractivity contribution is -0.0411. The number of pyridine rings is 1. The lowest BCUT2D eigenvalue weighted by atomic mass is 9.95. The zero-order valence-corrected chi connectivity index (χ0v) is 13.6. The predicted molar refractivity (Wildman–Crippen MR) is 85.0 cm³/mol. The van der Waals surface area contributed by atoms with Crippen molar-refractivity contribution in [1.29, 1.82) is 0 Å². The molecule has 21 heavy (non-hydrogen) atoms. The van der Waals surface area contributed by atoms with Crippen LogP contribution < -0.4 is 0 Å². The SMILES string of the molecule is Cc1nc(Cl)c2sc3nc4c(cc3c2n1)COC(C)(C)C4. The molecular formula is C15H14ClN3OS. The lowest BCUT2D eigenvalue weighted by Crippen LogP contribution is -2.32. The van der Waals surface area contributed by atoms with Gasteiger partial charge in [0.2, 0.25) is 0 Å².